The number of furan rings is 1. The monoisotopic (exact) mass is 813 g/mol. The molecule has 0 atom stereocenters. The van der Waals surface area contributed by atoms with Gasteiger partial charge in [0.05, 0.1) is 5.69 Å². The van der Waals surface area contributed by atoms with Crippen LogP contribution >= 0.6 is 0 Å². The number of hydrogen-bond acceptors (Lipinski definition) is 2. The zero-order valence-electron chi connectivity index (χ0n) is 34.9. The molecule has 0 N–H and O–H groups in total. The molecule has 0 unspecified atom stereocenters. The van der Waals surface area contributed by atoms with Crippen molar-refractivity contribution in [2.45, 2.75) is 0 Å². The fraction of sp³-hybridized carbons (Fsp3) is 0. The molecule has 0 saturated heterocycles. The fourth-order valence-corrected chi connectivity index (χ4v) is 10.1. The largest absolute Gasteiger partial charge is 0.456 e. The minimum Gasteiger partial charge on any atom is -0.456 e. The molecule has 0 radical (unpaired) electrons. The van der Waals surface area contributed by atoms with E-state index >= 15 is 0 Å². The summed E-state index contributed by atoms with van der Waals surface area (Å²) >= 11 is 0. The molecule has 0 aliphatic heterocycles. The molecule has 0 amide bonds. The third kappa shape index (κ3) is 5.88. The summed E-state index contributed by atoms with van der Waals surface area (Å²) in [6, 6.07) is 86.2. The lowest BCUT2D eigenvalue weighted by atomic mass is 9.88. The van der Waals surface area contributed by atoms with Gasteiger partial charge in [0.15, 0.2) is 0 Å². The van der Waals surface area contributed by atoms with Crippen molar-refractivity contribution < 1.29 is 4.42 Å². The summed E-state index contributed by atoms with van der Waals surface area (Å²) in [7, 11) is 0. The molecule has 12 aromatic carbocycles. The van der Waals surface area contributed by atoms with E-state index in [4.69, 9.17) is 4.42 Å². The Kier molecular flexibility index (Phi) is 8.25. The Hall–Kier alpha value is -8.46. The van der Waals surface area contributed by atoms with Crippen LogP contribution in [0.4, 0.5) is 17.1 Å². The first-order valence-electron chi connectivity index (χ1n) is 22.0. The molecular weight excluding hydrogens is 775 g/mol. The highest BCUT2D eigenvalue weighted by atomic mass is 16.3. The second-order valence-corrected chi connectivity index (χ2v) is 16.8. The van der Waals surface area contributed by atoms with Crippen LogP contribution < -0.4 is 4.90 Å². The summed E-state index contributed by atoms with van der Waals surface area (Å²) in [6.07, 6.45) is 0. The quantitative estimate of drug-likeness (QED) is 0.156. The number of hydrogen-bond donors (Lipinski definition) is 0. The lowest BCUT2D eigenvalue weighted by Crippen LogP contribution is -2.10. The number of nitrogens with zero attached hydrogens (tertiary/aromatic N) is 1. The zero-order valence-corrected chi connectivity index (χ0v) is 34.9. The third-order valence-electron chi connectivity index (χ3n) is 13.2. The van der Waals surface area contributed by atoms with Crippen molar-refractivity contribution in [2.24, 2.45) is 0 Å². The SMILES string of the molecule is c1ccc2c(-c3cc4ccccc4c4ccccc34)cc(-c3ccc(N(c4ccc(-c5ccc6c(c5)oc5ccccc56)cc4)c4cc5ccccc5c5ccccc45)cc3)cc2c1. The maximum absolute atomic E-state index is 6.28. The van der Waals surface area contributed by atoms with Crippen LogP contribution in [-0.4, -0.2) is 0 Å². The summed E-state index contributed by atoms with van der Waals surface area (Å²) < 4.78 is 6.28. The van der Waals surface area contributed by atoms with Gasteiger partial charge in [0.2, 0.25) is 0 Å². The van der Waals surface area contributed by atoms with Gasteiger partial charge in [0.25, 0.3) is 0 Å². The molecule has 13 aromatic rings. The number of para-hydroxylation sites is 1. The van der Waals surface area contributed by atoms with E-state index < -0.39 is 0 Å². The average molecular weight is 814 g/mol. The molecule has 13 rings (SSSR count). The van der Waals surface area contributed by atoms with Gasteiger partial charge >= 0.3 is 0 Å². The predicted molar refractivity (Wildman–Crippen MR) is 272 cm³/mol. The minimum atomic E-state index is 0.899. The lowest BCUT2D eigenvalue weighted by molar-refractivity contribution is 0.669. The summed E-state index contributed by atoms with van der Waals surface area (Å²) in [5.74, 6) is 0. The minimum absolute atomic E-state index is 0.899. The lowest BCUT2D eigenvalue weighted by Gasteiger charge is -2.28. The van der Waals surface area contributed by atoms with Gasteiger partial charge in [-0.05, 0) is 149 Å². The van der Waals surface area contributed by atoms with Crippen LogP contribution in [0.15, 0.2) is 241 Å². The Morgan fingerprint density at radius 3 is 1.38 bits per heavy atom. The Labute approximate surface area is 370 Å². The molecule has 0 fully saturated rings. The Morgan fingerprint density at radius 1 is 0.250 bits per heavy atom. The van der Waals surface area contributed by atoms with Crippen molar-refractivity contribution in [3.05, 3.63) is 237 Å². The van der Waals surface area contributed by atoms with Crippen LogP contribution in [-0.2, 0) is 0 Å². The second-order valence-electron chi connectivity index (χ2n) is 16.8. The van der Waals surface area contributed by atoms with E-state index in [1.807, 2.05) is 12.1 Å². The molecular formula is C62H39NO. The van der Waals surface area contributed by atoms with Gasteiger partial charge in [-0.25, -0.2) is 0 Å². The van der Waals surface area contributed by atoms with Crippen molar-refractivity contribution in [2.75, 3.05) is 4.90 Å². The van der Waals surface area contributed by atoms with Gasteiger partial charge in [0.1, 0.15) is 11.2 Å². The van der Waals surface area contributed by atoms with E-state index in [0.717, 1.165) is 50.1 Å². The summed E-state index contributed by atoms with van der Waals surface area (Å²) in [4.78, 5) is 2.41. The maximum atomic E-state index is 6.28. The Bertz CT molecular complexity index is 3950. The molecule has 2 nitrogen and oxygen atoms in total. The smallest absolute Gasteiger partial charge is 0.136 e. The van der Waals surface area contributed by atoms with E-state index in [0.29, 0.717) is 0 Å². The second kappa shape index (κ2) is 14.6. The molecule has 64 heavy (non-hydrogen) atoms. The highest BCUT2D eigenvalue weighted by molar-refractivity contribution is 6.17. The fourth-order valence-electron chi connectivity index (χ4n) is 10.1. The van der Waals surface area contributed by atoms with E-state index in [2.05, 4.69) is 229 Å². The molecule has 0 saturated carbocycles. The van der Waals surface area contributed by atoms with Crippen LogP contribution in [0.5, 0.6) is 0 Å². The normalized spacial score (nSPS) is 11.8. The summed E-state index contributed by atoms with van der Waals surface area (Å²) in [5, 5.41) is 14.7. The molecule has 298 valence electrons. The molecule has 0 aliphatic rings. The van der Waals surface area contributed by atoms with Crippen molar-refractivity contribution >= 4 is 92.9 Å². The zero-order chi connectivity index (χ0) is 42.1. The third-order valence-corrected chi connectivity index (χ3v) is 13.2. The van der Waals surface area contributed by atoms with E-state index in [-0.39, 0.29) is 0 Å². The molecule has 1 aromatic heterocycles. The van der Waals surface area contributed by atoms with Crippen molar-refractivity contribution in [3.63, 3.8) is 0 Å². The van der Waals surface area contributed by atoms with Gasteiger partial charge in [-0.2, -0.15) is 0 Å². The first-order chi connectivity index (χ1) is 31.7. The Morgan fingerprint density at radius 2 is 0.703 bits per heavy atom. The highest BCUT2D eigenvalue weighted by Gasteiger charge is 2.19. The number of rotatable bonds is 6. The van der Waals surface area contributed by atoms with Gasteiger partial charge < -0.3 is 9.32 Å². The molecule has 0 spiro atoms. The number of fused-ring (bicyclic) bond motifs is 10. The number of benzene rings is 12. The summed E-state index contributed by atoms with van der Waals surface area (Å²) in [6.45, 7) is 0. The van der Waals surface area contributed by atoms with Gasteiger partial charge in [-0.15, -0.1) is 0 Å². The van der Waals surface area contributed by atoms with Gasteiger partial charge in [0, 0.05) is 27.5 Å². The van der Waals surface area contributed by atoms with Crippen LogP contribution in [0.25, 0.3) is 109 Å². The van der Waals surface area contributed by atoms with Crippen molar-refractivity contribution in [1.82, 2.24) is 0 Å². The van der Waals surface area contributed by atoms with Crippen LogP contribution in [0, 0.1) is 0 Å². The van der Waals surface area contributed by atoms with Crippen LogP contribution in [0.2, 0.25) is 0 Å². The predicted octanol–water partition coefficient (Wildman–Crippen LogP) is 17.8. The van der Waals surface area contributed by atoms with Crippen molar-refractivity contribution in [3.8, 4) is 33.4 Å². The van der Waals surface area contributed by atoms with E-state index in [1.54, 1.807) is 0 Å². The topological polar surface area (TPSA) is 16.4 Å². The van der Waals surface area contributed by atoms with Crippen LogP contribution in [0.3, 0.4) is 0 Å². The van der Waals surface area contributed by atoms with E-state index in [1.165, 1.54) is 76.1 Å². The summed E-state index contributed by atoms with van der Waals surface area (Å²) in [5.41, 5.74) is 12.2. The number of anilines is 3. The van der Waals surface area contributed by atoms with Crippen LogP contribution in [0.1, 0.15) is 0 Å². The van der Waals surface area contributed by atoms with E-state index in [9.17, 15) is 0 Å². The molecule has 2 heteroatoms. The van der Waals surface area contributed by atoms with Gasteiger partial charge in [-0.3, -0.25) is 0 Å². The molecule has 0 aliphatic carbocycles. The van der Waals surface area contributed by atoms with Crippen molar-refractivity contribution in [1.29, 1.82) is 0 Å². The van der Waals surface area contributed by atoms with Gasteiger partial charge in [-0.1, -0.05) is 170 Å². The highest BCUT2D eigenvalue weighted by Crippen LogP contribution is 2.45. The molecule has 1 heterocycles. The standard InChI is InChI=1S/C62H39NO/c1-6-18-51-43(13-1)35-46(37-58(51)59-36-44-14-2-4-16-49(44)52-19-7-8-21-54(52)59)41-27-32-48(33-28-41)63(60-38-45-15-3-5-17-50(45)53-20-9-10-22-55(53)60)47-30-25-40(26-31-47)42-29-34-57-56-23-11-12-24-61(56)64-62(57)39-42/h1-39H. The molecule has 0 bridgehead atoms. The first kappa shape index (κ1) is 36.2. The average Bonchev–Trinajstić information content (AvgIpc) is 3.74. The Balaban J connectivity index is 0.951. The maximum Gasteiger partial charge on any atom is 0.136 e. The first-order valence-corrected chi connectivity index (χ1v) is 22.0.